The standard InChI is InChI=1S/C27H27N5O3S/c1-3-19(2)28-26(33)22-15-13-21(14-16-22)18-36-27-30-29-25(23-11-7-8-12-24(23)32(34)35)31(27)17-20-9-5-4-6-10-20/h4-16,19H,3,17-18H2,1-2H3,(H,28,33)/t19-/m1/s1. The minimum Gasteiger partial charge on any atom is -0.350 e. The average Bonchev–Trinajstić information content (AvgIpc) is 3.30. The highest BCUT2D eigenvalue weighted by atomic mass is 32.2. The van der Waals surface area contributed by atoms with Crippen LogP contribution in [0.3, 0.4) is 0 Å². The number of benzene rings is 3. The highest BCUT2D eigenvalue weighted by Crippen LogP contribution is 2.32. The Balaban J connectivity index is 1.58. The van der Waals surface area contributed by atoms with E-state index in [1.807, 2.05) is 73.0 Å². The molecule has 0 radical (unpaired) electrons. The molecule has 184 valence electrons. The third kappa shape index (κ3) is 5.98. The zero-order valence-electron chi connectivity index (χ0n) is 20.1. The van der Waals surface area contributed by atoms with Crippen LogP contribution in [0.5, 0.6) is 0 Å². The maximum atomic E-state index is 12.3. The lowest BCUT2D eigenvalue weighted by Crippen LogP contribution is -2.31. The molecule has 1 amide bonds. The summed E-state index contributed by atoms with van der Waals surface area (Å²) in [6.07, 6.45) is 0.873. The third-order valence-corrected chi connectivity index (χ3v) is 6.85. The molecular formula is C27H27N5O3S. The number of hydrogen-bond donors (Lipinski definition) is 1. The molecule has 0 fully saturated rings. The second kappa shape index (κ2) is 11.6. The molecular weight excluding hydrogens is 474 g/mol. The number of rotatable bonds is 10. The number of hydrogen-bond acceptors (Lipinski definition) is 6. The first-order chi connectivity index (χ1) is 17.5. The number of aromatic nitrogens is 3. The van der Waals surface area contributed by atoms with Crippen molar-refractivity contribution in [2.24, 2.45) is 0 Å². The van der Waals surface area contributed by atoms with Crippen molar-refractivity contribution in [2.75, 3.05) is 0 Å². The monoisotopic (exact) mass is 501 g/mol. The van der Waals surface area contributed by atoms with Gasteiger partial charge in [-0.05, 0) is 42.7 Å². The van der Waals surface area contributed by atoms with Gasteiger partial charge >= 0.3 is 0 Å². The fourth-order valence-corrected chi connectivity index (χ4v) is 4.53. The van der Waals surface area contributed by atoms with E-state index in [0.29, 0.717) is 34.4 Å². The first-order valence-corrected chi connectivity index (χ1v) is 12.7. The van der Waals surface area contributed by atoms with Gasteiger partial charge in [-0.1, -0.05) is 73.3 Å². The molecule has 1 N–H and O–H groups in total. The van der Waals surface area contributed by atoms with Crippen molar-refractivity contribution in [1.82, 2.24) is 20.1 Å². The van der Waals surface area contributed by atoms with Gasteiger partial charge in [-0.3, -0.25) is 19.5 Å². The van der Waals surface area contributed by atoms with Gasteiger partial charge < -0.3 is 5.32 Å². The first-order valence-electron chi connectivity index (χ1n) is 11.7. The Hall–Kier alpha value is -3.98. The van der Waals surface area contributed by atoms with Gasteiger partial charge in [-0.25, -0.2) is 0 Å². The Labute approximate surface area is 213 Å². The molecule has 0 unspecified atom stereocenters. The lowest BCUT2D eigenvalue weighted by Gasteiger charge is -2.12. The van der Waals surface area contributed by atoms with Crippen molar-refractivity contribution in [3.63, 3.8) is 0 Å². The third-order valence-electron chi connectivity index (χ3n) is 5.82. The summed E-state index contributed by atoms with van der Waals surface area (Å²) in [7, 11) is 0. The van der Waals surface area contributed by atoms with Gasteiger partial charge in [-0.2, -0.15) is 0 Å². The van der Waals surface area contributed by atoms with Crippen LogP contribution >= 0.6 is 11.8 Å². The SMILES string of the molecule is CC[C@@H](C)NC(=O)c1ccc(CSc2nnc(-c3ccccc3[N+](=O)[O-])n2Cc2ccccc2)cc1. The Bertz CT molecular complexity index is 1340. The second-order valence-electron chi connectivity index (χ2n) is 8.42. The van der Waals surface area contributed by atoms with Crippen LogP contribution in [-0.2, 0) is 12.3 Å². The van der Waals surface area contributed by atoms with E-state index in [2.05, 4.69) is 15.5 Å². The molecule has 4 rings (SSSR count). The molecule has 0 spiro atoms. The van der Waals surface area contributed by atoms with Gasteiger partial charge in [0.1, 0.15) is 0 Å². The summed E-state index contributed by atoms with van der Waals surface area (Å²) in [6, 6.07) is 24.1. The van der Waals surface area contributed by atoms with Crippen molar-refractivity contribution in [2.45, 2.75) is 43.8 Å². The molecule has 1 aromatic heterocycles. The Morgan fingerprint density at radius 1 is 1.00 bits per heavy atom. The lowest BCUT2D eigenvalue weighted by atomic mass is 10.1. The molecule has 0 aliphatic carbocycles. The minimum absolute atomic E-state index is 0.0120. The van der Waals surface area contributed by atoms with Crippen molar-refractivity contribution >= 4 is 23.4 Å². The normalized spacial score (nSPS) is 11.7. The quantitative estimate of drug-likeness (QED) is 0.169. The molecule has 0 aliphatic heterocycles. The summed E-state index contributed by atoms with van der Waals surface area (Å²) in [5, 5.41) is 24.0. The van der Waals surface area contributed by atoms with Gasteiger partial charge in [0.15, 0.2) is 11.0 Å². The Kier molecular flexibility index (Phi) is 8.12. The van der Waals surface area contributed by atoms with Crippen molar-refractivity contribution in [1.29, 1.82) is 0 Å². The predicted octanol–water partition coefficient (Wildman–Crippen LogP) is 5.72. The van der Waals surface area contributed by atoms with Crippen LogP contribution in [0.1, 0.15) is 41.8 Å². The molecule has 3 aromatic carbocycles. The average molecular weight is 502 g/mol. The van der Waals surface area contributed by atoms with Crippen LogP contribution in [-0.4, -0.2) is 31.6 Å². The highest BCUT2D eigenvalue weighted by Gasteiger charge is 2.22. The summed E-state index contributed by atoms with van der Waals surface area (Å²) in [4.78, 5) is 23.6. The van der Waals surface area contributed by atoms with Crippen molar-refractivity contribution in [3.05, 3.63) is 106 Å². The molecule has 0 bridgehead atoms. The summed E-state index contributed by atoms with van der Waals surface area (Å²) in [6.45, 7) is 4.49. The predicted molar refractivity (Wildman–Crippen MR) is 141 cm³/mol. The maximum Gasteiger partial charge on any atom is 0.280 e. The van der Waals surface area contributed by atoms with Gasteiger partial charge in [-0.15, -0.1) is 10.2 Å². The zero-order valence-corrected chi connectivity index (χ0v) is 20.9. The smallest absolute Gasteiger partial charge is 0.280 e. The van der Waals surface area contributed by atoms with E-state index in [-0.39, 0.29) is 17.6 Å². The van der Waals surface area contributed by atoms with E-state index in [1.54, 1.807) is 18.2 Å². The van der Waals surface area contributed by atoms with Crippen LogP contribution in [0.25, 0.3) is 11.4 Å². The van der Waals surface area contributed by atoms with E-state index in [4.69, 9.17) is 0 Å². The summed E-state index contributed by atoms with van der Waals surface area (Å²) < 4.78 is 1.91. The zero-order chi connectivity index (χ0) is 25.5. The number of amides is 1. The summed E-state index contributed by atoms with van der Waals surface area (Å²) in [5.74, 6) is 0.975. The van der Waals surface area contributed by atoms with Crippen LogP contribution in [0.2, 0.25) is 0 Å². The number of nitro benzene ring substituents is 1. The van der Waals surface area contributed by atoms with Crippen molar-refractivity contribution < 1.29 is 9.72 Å². The van der Waals surface area contributed by atoms with Crippen molar-refractivity contribution in [3.8, 4) is 11.4 Å². The fraction of sp³-hybridized carbons (Fsp3) is 0.222. The van der Waals surface area contributed by atoms with Gasteiger partial charge in [0, 0.05) is 23.4 Å². The Morgan fingerprint density at radius 2 is 1.69 bits per heavy atom. The Morgan fingerprint density at radius 3 is 2.39 bits per heavy atom. The lowest BCUT2D eigenvalue weighted by molar-refractivity contribution is -0.384. The van der Waals surface area contributed by atoms with Crippen LogP contribution in [0, 0.1) is 10.1 Å². The molecule has 0 aliphatic rings. The number of para-hydroxylation sites is 1. The van der Waals surface area contributed by atoms with Crippen LogP contribution in [0.15, 0.2) is 84.0 Å². The van der Waals surface area contributed by atoms with Gasteiger partial charge in [0.05, 0.1) is 17.0 Å². The molecule has 0 saturated carbocycles. The maximum absolute atomic E-state index is 12.3. The van der Waals surface area contributed by atoms with E-state index in [0.717, 1.165) is 17.5 Å². The minimum atomic E-state index is -0.400. The number of thioether (sulfide) groups is 1. The summed E-state index contributed by atoms with van der Waals surface area (Å²) >= 11 is 1.50. The molecule has 0 saturated heterocycles. The number of carbonyl (C=O) groups is 1. The molecule has 1 heterocycles. The molecule has 9 heteroatoms. The topological polar surface area (TPSA) is 103 Å². The van der Waals surface area contributed by atoms with E-state index >= 15 is 0 Å². The number of nitrogens with one attached hydrogen (secondary N) is 1. The number of carbonyl (C=O) groups excluding carboxylic acids is 1. The van der Waals surface area contributed by atoms with Crippen LogP contribution < -0.4 is 5.32 Å². The largest absolute Gasteiger partial charge is 0.350 e. The van der Waals surface area contributed by atoms with E-state index < -0.39 is 4.92 Å². The number of nitro groups is 1. The first kappa shape index (κ1) is 25.1. The molecule has 4 aromatic rings. The fourth-order valence-electron chi connectivity index (χ4n) is 3.63. The molecule has 8 nitrogen and oxygen atoms in total. The highest BCUT2D eigenvalue weighted by molar-refractivity contribution is 7.98. The van der Waals surface area contributed by atoms with E-state index in [1.165, 1.54) is 17.8 Å². The molecule has 1 atom stereocenters. The van der Waals surface area contributed by atoms with E-state index in [9.17, 15) is 14.9 Å². The summed E-state index contributed by atoms with van der Waals surface area (Å²) in [5.41, 5.74) is 3.10. The van der Waals surface area contributed by atoms with Crippen LogP contribution in [0.4, 0.5) is 5.69 Å². The molecule has 36 heavy (non-hydrogen) atoms. The van der Waals surface area contributed by atoms with Gasteiger partial charge in [0.25, 0.3) is 11.6 Å². The second-order valence-corrected chi connectivity index (χ2v) is 9.36. The number of nitrogens with zero attached hydrogens (tertiary/aromatic N) is 4. The van der Waals surface area contributed by atoms with Gasteiger partial charge in [0.2, 0.25) is 0 Å².